The number of ether oxygens (including phenoxy) is 2. The number of aryl methyl sites for hydroxylation is 1. The van der Waals surface area contributed by atoms with Crippen LogP contribution in [0, 0.1) is 6.92 Å². The fourth-order valence-corrected chi connectivity index (χ4v) is 5.51. The van der Waals surface area contributed by atoms with E-state index >= 15 is 0 Å². The first kappa shape index (κ1) is 25.5. The van der Waals surface area contributed by atoms with Crippen LogP contribution in [0.15, 0.2) is 89.8 Å². The van der Waals surface area contributed by atoms with Gasteiger partial charge in [0, 0.05) is 13.2 Å². The molecule has 1 aliphatic heterocycles. The molecular formula is C28H34N2O4S. The second-order valence-corrected chi connectivity index (χ2v) is 10.5. The highest BCUT2D eigenvalue weighted by molar-refractivity contribution is 7.89. The predicted octanol–water partition coefficient (Wildman–Crippen LogP) is 4.89. The van der Waals surface area contributed by atoms with Crippen molar-refractivity contribution in [1.82, 2.24) is 10.0 Å². The first-order valence-corrected chi connectivity index (χ1v) is 13.7. The highest BCUT2D eigenvalue weighted by atomic mass is 32.2. The lowest BCUT2D eigenvalue weighted by Crippen LogP contribution is -2.40. The van der Waals surface area contributed by atoms with Crippen LogP contribution in [0.25, 0.3) is 0 Å². The molecule has 3 aromatic rings. The Hall–Kier alpha value is -2.55. The quantitative estimate of drug-likeness (QED) is 0.371. The van der Waals surface area contributed by atoms with Gasteiger partial charge in [0.15, 0.2) is 6.29 Å². The summed E-state index contributed by atoms with van der Waals surface area (Å²) in [7, 11) is -3.77. The number of nitrogens with one attached hydrogen (secondary N) is 2. The molecule has 4 rings (SSSR count). The van der Waals surface area contributed by atoms with Gasteiger partial charge in [-0.1, -0.05) is 78.4 Å². The van der Waals surface area contributed by atoms with Crippen molar-refractivity contribution in [1.29, 1.82) is 0 Å². The normalized spacial score (nSPS) is 18.1. The Labute approximate surface area is 208 Å². The van der Waals surface area contributed by atoms with E-state index in [-0.39, 0.29) is 17.2 Å². The van der Waals surface area contributed by atoms with Crippen molar-refractivity contribution in [3.63, 3.8) is 0 Å². The van der Waals surface area contributed by atoms with E-state index in [0.29, 0.717) is 13.2 Å². The average molecular weight is 495 g/mol. The maximum absolute atomic E-state index is 13.4. The van der Waals surface area contributed by atoms with Gasteiger partial charge in [-0.15, -0.1) is 0 Å². The molecule has 1 saturated heterocycles. The minimum atomic E-state index is -3.77. The van der Waals surface area contributed by atoms with Crippen molar-refractivity contribution < 1.29 is 17.9 Å². The summed E-state index contributed by atoms with van der Waals surface area (Å²) in [5.74, 6) is 0. The summed E-state index contributed by atoms with van der Waals surface area (Å²) in [4.78, 5) is 0.244. The minimum absolute atomic E-state index is 0.161. The zero-order valence-corrected chi connectivity index (χ0v) is 20.9. The Kier molecular flexibility index (Phi) is 9.06. The summed E-state index contributed by atoms with van der Waals surface area (Å²) in [6.45, 7) is 3.70. The molecule has 1 heterocycles. The van der Waals surface area contributed by atoms with Crippen LogP contribution in [-0.2, 0) is 19.5 Å². The van der Waals surface area contributed by atoms with E-state index in [1.54, 1.807) is 12.1 Å². The van der Waals surface area contributed by atoms with Gasteiger partial charge < -0.3 is 14.8 Å². The Morgan fingerprint density at radius 2 is 1.51 bits per heavy atom. The highest BCUT2D eigenvalue weighted by Gasteiger charge is 2.29. The van der Waals surface area contributed by atoms with Gasteiger partial charge in [0.25, 0.3) is 0 Å². The topological polar surface area (TPSA) is 76.7 Å². The number of hydrogen-bond acceptors (Lipinski definition) is 5. The second kappa shape index (κ2) is 12.4. The Bertz CT molecular complexity index is 1130. The van der Waals surface area contributed by atoms with E-state index in [9.17, 15) is 8.42 Å². The monoisotopic (exact) mass is 494 g/mol. The molecule has 0 spiro atoms. The molecule has 7 heteroatoms. The van der Waals surface area contributed by atoms with Crippen LogP contribution in [0.5, 0.6) is 0 Å². The molecule has 6 nitrogen and oxygen atoms in total. The molecule has 186 valence electrons. The molecule has 0 bridgehead atoms. The van der Waals surface area contributed by atoms with E-state index in [2.05, 4.69) is 10.0 Å². The Morgan fingerprint density at radius 3 is 2.11 bits per heavy atom. The molecule has 2 N–H and O–H groups in total. The molecular weight excluding hydrogens is 460 g/mol. The van der Waals surface area contributed by atoms with Gasteiger partial charge in [0.2, 0.25) is 10.0 Å². The SMILES string of the molecule is Cc1ccc(S(=O)(=O)N[C@H](c2ccccc2)[C@@H](NCCOC2CCCCO2)c2ccccc2)cc1. The molecule has 3 aromatic carbocycles. The van der Waals surface area contributed by atoms with Crippen molar-refractivity contribution in [2.75, 3.05) is 19.8 Å². The van der Waals surface area contributed by atoms with Gasteiger partial charge in [-0.3, -0.25) is 0 Å². The standard InChI is InChI=1S/C28H34N2O4S/c1-22-15-17-25(18-16-22)35(31,32)30-28(24-12-6-3-7-13-24)27(23-10-4-2-5-11-23)29-19-21-34-26-14-8-9-20-33-26/h2-7,10-13,15-18,26-30H,8-9,14,19-21H2,1H3/t26?,27-,28+/m0/s1. The summed E-state index contributed by atoms with van der Waals surface area (Å²) < 4.78 is 41.4. The summed E-state index contributed by atoms with van der Waals surface area (Å²) in [6, 6.07) is 25.7. The van der Waals surface area contributed by atoms with Crippen LogP contribution in [0.3, 0.4) is 0 Å². The molecule has 1 fully saturated rings. The molecule has 0 aromatic heterocycles. The lowest BCUT2D eigenvalue weighted by molar-refractivity contribution is -0.161. The lowest BCUT2D eigenvalue weighted by Gasteiger charge is -2.30. The number of benzene rings is 3. The zero-order valence-electron chi connectivity index (χ0n) is 20.1. The Morgan fingerprint density at radius 1 is 0.886 bits per heavy atom. The third-order valence-corrected chi connectivity index (χ3v) is 7.63. The summed E-state index contributed by atoms with van der Waals surface area (Å²) in [5.41, 5.74) is 2.87. The molecule has 0 radical (unpaired) electrons. The van der Waals surface area contributed by atoms with Crippen molar-refractivity contribution in [2.45, 2.75) is 49.5 Å². The first-order chi connectivity index (χ1) is 17.0. The molecule has 35 heavy (non-hydrogen) atoms. The van der Waals surface area contributed by atoms with Crippen LogP contribution < -0.4 is 10.0 Å². The lowest BCUT2D eigenvalue weighted by atomic mass is 9.94. The van der Waals surface area contributed by atoms with Crippen molar-refractivity contribution in [3.05, 3.63) is 102 Å². The molecule has 0 aliphatic carbocycles. The molecule has 3 atom stereocenters. The maximum Gasteiger partial charge on any atom is 0.241 e. The smallest absolute Gasteiger partial charge is 0.241 e. The molecule has 0 saturated carbocycles. The van der Waals surface area contributed by atoms with E-state index in [1.165, 1.54) is 0 Å². The molecule has 1 aliphatic rings. The van der Waals surface area contributed by atoms with Crippen LogP contribution >= 0.6 is 0 Å². The fraction of sp³-hybridized carbons (Fsp3) is 0.357. The van der Waals surface area contributed by atoms with Gasteiger partial charge in [0.05, 0.1) is 23.6 Å². The van der Waals surface area contributed by atoms with E-state index < -0.39 is 16.1 Å². The number of sulfonamides is 1. The van der Waals surface area contributed by atoms with Crippen LogP contribution in [0.1, 0.15) is 48.0 Å². The number of rotatable bonds is 11. The summed E-state index contributed by atoms with van der Waals surface area (Å²) in [6.07, 6.45) is 2.94. The highest BCUT2D eigenvalue weighted by Crippen LogP contribution is 2.31. The predicted molar refractivity (Wildman–Crippen MR) is 137 cm³/mol. The molecule has 0 amide bonds. The third kappa shape index (κ3) is 7.22. The molecule has 1 unspecified atom stereocenters. The van der Waals surface area contributed by atoms with Crippen molar-refractivity contribution in [3.8, 4) is 0 Å². The third-order valence-electron chi connectivity index (χ3n) is 6.17. The van der Waals surface area contributed by atoms with Crippen LogP contribution in [-0.4, -0.2) is 34.5 Å². The first-order valence-electron chi connectivity index (χ1n) is 12.2. The van der Waals surface area contributed by atoms with E-state index in [4.69, 9.17) is 9.47 Å². The maximum atomic E-state index is 13.4. The van der Waals surface area contributed by atoms with Crippen molar-refractivity contribution in [2.24, 2.45) is 0 Å². The largest absolute Gasteiger partial charge is 0.353 e. The number of hydrogen-bond donors (Lipinski definition) is 2. The summed E-state index contributed by atoms with van der Waals surface area (Å²) in [5, 5.41) is 3.55. The van der Waals surface area contributed by atoms with Gasteiger partial charge in [-0.2, -0.15) is 0 Å². The van der Waals surface area contributed by atoms with Crippen molar-refractivity contribution >= 4 is 10.0 Å². The van der Waals surface area contributed by atoms with Gasteiger partial charge in [-0.05, 0) is 49.4 Å². The van der Waals surface area contributed by atoms with E-state index in [1.807, 2.05) is 79.7 Å². The zero-order chi connectivity index (χ0) is 24.5. The Balaban J connectivity index is 1.58. The van der Waals surface area contributed by atoms with E-state index in [0.717, 1.165) is 42.6 Å². The minimum Gasteiger partial charge on any atom is -0.353 e. The fourth-order valence-electron chi connectivity index (χ4n) is 4.28. The van der Waals surface area contributed by atoms with Gasteiger partial charge in [-0.25, -0.2) is 13.1 Å². The van der Waals surface area contributed by atoms with Crippen LogP contribution in [0.4, 0.5) is 0 Å². The van der Waals surface area contributed by atoms with Gasteiger partial charge >= 0.3 is 0 Å². The van der Waals surface area contributed by atoms with Crippen LogP contribution in [0.2, 0.25) is 0 Å². The summed E-state index contributed by atoms with van der Waals surface area (Å²) >= 11 is 0. The van der Waals surface area contributed by atoms with Gasteiger partial charge in [0.1, 0.15) is 0 Å². The average Bonchev–Trinajstić information content (AvgIpc) is 2.89. The second-order valence-electron chi connectivity index (χ2n) is 8.83.